The molecule has 5 heteroatoms. The minimum atomic E-state index is -0.138. The van der Waals surface area contributed by atoms with Gasteiger partial charge in [-0.15, -0.1) is 0 Å². The second-order valence-corrected chi connectivity index (χ2v) is 7.42. The van der Waals surface area contributed by atoms with Gasteiger partial charge in [0.15, 0.2) is 0 Å². The van der Waals surface area contributed by atoms with Gasteiger partial charge in [-0.05, 0) is 25.5 Å². The van der Waals surface area contributed by atoms with Crippen molar-refractivity contribution in [2.45, 2.75) is 26.0 Å². The maximum atomic E-state index is 13.4. The summed E-state index contributed by atoms with van der Waals surface area (Å²) in [6.45, 7) is 5.43. The number of morpholine rings is 1. The van der Waals surface area contributed by atoms with E-state index < -0.39 is 0 Å². The Labute approximate surface area is 164 Å². The Morgan fingerprint density at radius 2 is 1.71 bits per heavy atom. The number of hydrogen-bond donors (Lipinski definition) is 0. The van der Waals surface area contributed by atoms with E-state index in [9.17, 15) is 9.59 Å². The summed E-state index contributed by atoms with van der Waals surface area (Å²) in [6, 6.07) is 17.3. The molecule has 0 spiro atoms. The number of pyridine rings is 1. The smallest absolute Gasteiger partial charge is 0.258 e. The number of benzene rings is 2. The number of hydrogen-bond acceptors (Lipinski definition) is 3. The van der Waals surface area contributed by atoms with Crippen molar-refractivity contribution in [2.75, 3.05) is 19.7 Å². The molecular formula is C23H24N2O3. The van der Waals surface area contributed by atoms with Crippen LogP contribution < -0.4 is 5.56 Å². The first-order chi connectivity index (χ1) is 13.6. The quantitative estimate of drug-likeness (QED) is 0.699. The molecule has 0 radical (unpaired) electrons. The third-order valence-electron chi connectivity index (χ3n) is 5.26. The molecule has 1 saturated heterocycles. The molecule has 0 N–H and O–H groups in total. The lowest BCUT2D eigenvalue weighted by atomic mass is 10.0. The molecule has 144 valence electrons. The average Bonchev–Trinajstić information content (AvgIpc) is 2.74. The first-order valence-electron chi connectivity index (χ1n) is 9.66. The molecule has 1 aliphatic rings. The lowest BCUT2D eigenvalue weighted by Gasteiger charge is -2.33. The Balaban J connectivity index is 1.72. The van der Waals surface area contributed by atoms with Crippen molar-refractivity contribution in [2.24, 2.45) is 0 Å². The second-order valence-electron chi connectivity index (χ2n) is 7.42. The molecule has 2 aromatic carbocycles. The highest BCUT2D eigenvalue weighted by atomic mass is 16.5. The van der Waals surface area contributed by atoms with Gasteiger partial charge in [0.2, 0.25) is 0 Å². The number of rotatable bonds is 3. The Hall–Kier alpha value is -2.92. The van der Waals surface area contributed by atoms with Crippen LogP contribution >= 0.6 is 0 Å². The van der Waals surface area contributed by atoms with Gasteiger partial charge in [-0.1, -0.05) is 48.5 Å². The lowest BCUT2D eigenvalue weighted by molar-refractivity contribution is -0.0227. The predicted octanol–water partition coefficient (Wildman–Crippen LogP) is 3.80. The summed E-state index contributed by atoms with van der Waals surface area (Å²) in [5.41, 5.74) is 1.57. The number of amides is 1. The van der Waals surface area contributed by atoms with Crippen LogP contribution in [0.25, 0.3) is 10.8 Å². The third kappa shape index (κ3) is 3.34. The van der Waals surface area contributed by atoms with Gasteiger partial charge in [-0.3, -0.25) is 9.59 Å². The van der Waals surface area contributed by atoms with Crippen LogP contribution in [0.4, 0.5) is 0 Å². The largest absolute Gasteiger partial charge is 0.370 e. The molecule has 1 fully saturated rings. The first kappa shape index (κ1) is 18.4. The highest BCUT2D eigenvalue weighted by Gasteiger charge is 2.27. The highest BCUT2D eigenvalue weighted by molar-refractivity contribution is 6.06. The number of fused-ring (bicyclic) bond motifs is 1. The number of carbonyl (C=O) groups is 1. The van der Waals surface area contributed by atoms with Crippen LogP contribution in [0.3, 0.4) is 0 Å². The monoisotopic (exact) mass is 376 g/mol. The van der Waals surface area contributed by atoms with Gasteiger partial charge in [-0.25, -0.2) is 0 Å². The summed E-state index contributed by atoms with van der Waals surface area (Å²) >= 11 is 0. The highest BCUT2D eigenvalue weighted by Crippen LogP contribution is 2.25. The molecule has 1 atom stereocenters. The molecule has 2 heterocycles. The van der Waals surface area contributed by atoms with E-state index in [0.717, 1.165) is 5.56 Å². The van der Waals surface area contributed by atoms with Gasteiger partial charge >= 0.3 is 0 Å². The maximum absolute atomic E-state index is 13.4. The van der Waals surface area contributed by atoms with E-state index in [4.69, 9.17) is 4.74 Å². The van der Waals surface area contributed by atoms with Crippen molar-refractivity contribution in [3.05, 3.63) is 82.3 Å². The van der Waals surface area contributed by atoms with E-state index in [1.807, 2.05) is 67.3 Å². The normalized spacial score (nSPS) is 17.2. The number of aromatic nitrogens is 1. The predicted molar refractivity (Wildman–Crippen MR) is 110 cm³/mol. The van der Waals surface area contributed by atoms with E-state index in [0.29, 0.717) is 36.0 Å². The van der Waals surface area contributed by atoms with Crippen molar-refractivity contribution >= 4 is 16.7 Å². The topological polar surface area (TPSA) is 51.5 Å². The van der Waals surface area contributed by atoms with Crippen LogP contribution in [-0.4, -0.2) is 35.1 Å². The summed E-state index contributed by atoms with van der Waals surface area (Å²) < 4.78 is 7.54. The molecule has 1 amide bonds. The van der Waals surface area contributed by atoms with Gasteiger partial charge in [-0.2, -0.15) is 0 Å². The summed E-state index contributed by atoms with van der Waals surface area (Å²) in [5, 5.41) is 1.28. The van der Waals surface area contributed by atoms with Crippen LogP contribution in [-0.2, 0) is 4.74 Å². The fourth-order valence-electron chi connectivity index (χ4n) is 3.74. The molecule has 28 heavy (non-hydrogen) atoms. The fourth-order valence-corrected chi connectivity index (χ4v) is 3.74. The van der Waals surface area contributed by atoms with Crippen LogP contribution in [0.15, 0.2) is 65.6 Å². The Morgan fingerprint density at radius 3 is 2.43 bits per heavy atom. The lowest BCUT2D eigenvalue weighted by Crippen LogP contribution is -2.42. The Kier molecular flexibility index (Phi) is 5.01. The van der Waals surface area contributed by atoms with Crippen molar-refractivity contribution in [3.63, 3.8) is 0 Å². The SMILES string of the molecule is CC(C)n1cc(C(=O)N2CCO[C@H](c3ccccc3)C2)c2ccccc2c1=O. The van der Waals surface area contributed by atoms with Crippen molar-refractivity contribution in [1.29, 1.82) is 0 Å². The second kappa shape index (κ2) is 7.60. The van der Waals surface area contributed by atoms with Crippen molar-refractivity contribution < 1.29 is 9.53 Å². The van der Waals surface area contributed by atoms with Crippen LogP contribution in [0.1, 0.15) is 41.9 Å². The zero-order valence-corrected chi connectivity index (χ0v) is 16.2. The summed E-state index contributed by atoms with van der Waals surface area (Å²) in [5.74, 6) is -0.0603. The van der Waals surface area contributed by atoms with Gasteiger partial charge in [0.1, 0.15) is 6.10 Å². The minimum absolute atomic E-state index is 0.0228. The van der Waals surface area contributed by atoms with Gasteiger partial charge in [0, 0.05) is 29.6 Å². The molecular weight excluding hydrogens is 352 g/mol. The molecule has 1 aliphatic heterocycles. The first-order valence-corrected chi connectivity index (χ1v) is 9.66. The molecule has 3 aromatic rings. The molecule has 5 nitrogen and oxygen atoms in total. The van der Waals surface area contributed by atoms with Crippen molar-refractivity contribution in [3.8, 4) is 0 Å². The van der Waals surface area contributed by atoms with E-state index in [1.165, 1.54) is 0 Å². The molecule has 0 bridgehead atoms. The van der Waals surface area contributed by atoms with E-state index in [2.05, 4.69) is 0 Å². The summed E-state index contributed by atoms with van der Waals surface area (Å²) in [4.78, 5) is 28.0. The van der Waals surface area contributed by atoms with E-state index in [-0.39, 0.29) is 23.6 Å². The number of nitrogens with zero attached hydrogens (tertiary/aromatic N) is 2. The van der Waals surface area contributed by atoms with Crippen molar-refractivity contribution in [1.82, 2.24) is 9.47 Å². The molecule has 1 aromatic heterocycles. The Bertz CT molecular complexity index is 1060. The third-order valence-corrected chi connectivity index (χ3v) is 5.26. The van der Waals surface area contributed by atoms with E-state index >= 15 is 0 Å². The summed E-state index contributed by atoms with van der Waals surface area (Å²) in [6.07, 6.45) is 1.58. The minimum Gasteiger partial charge on any atom is -0.370 e. The number of carbonyl (C=O) groups excluding carboxylic acids is 1. The molecule has 0 saturated carbocycles. The summed E-state index contributed by atoms with van der Waals surface area (Å²) in [7, 11) is 0. The van der Waals surface area contributed by atoms with Crippen LogP contribution in [0, 0.1) is 0 Å². The van der Waals surface area contributed by atoms with Gasteiger partial charge in [0.25, 0.3) is 11.5 Å². The molecule has 0 aliphatic carbocycles. The van der Waals surface area contributed by atoms with Crippen LogP contribution in [0.5, 0.6) is 0 Å². The zero-order chi connectivity index (χ0) is 19.7. The molecule has 0 unspecified atom stereocenters. The average molecular weight is 376 g/mol. The fraction of sp³-hybridized carbons (Fsp3) is 0.304. The standard InChI is InChI=1S/C23H24N2O3/c1-16(2)25-14-20(18-10-6-7-11-19(18)23(25)27)22(26)24-12-13-28-21(15-24)17-8-4-3-5-9-17/h3-11,14,16,21H,12-13,15H2,1-2H3/t21-/m0/s1. The molecule has 4 rings (SSSR count). The number of ether oxygens (including phenoxy) is 1. The zero-order valence-electron chi connectivity index (χ0n) is 16.2. The maximum Gasteiger partial charge on any atom is 0.258 e. The Morgan fingerprint density at radius 1 is 1.04 bits per heavy atom. The van der Waals surface area contributed by atoms with Gasteiger partial charge < -0.3 is 14.2 Å². The van der Waals surface area contributed by atoms with E-state index in [1.54, 1.807) is 16.8 Å². The van der Waals surface area contributed by atoms with Gasteiger partial charge in [0.05, 0.1) is 18.7 Å². The van der Waals surface area contributed by atoms with Crippen LogP contribution in [0.2, 0.25) is 0 Å².